The number of rotatable bonds is 5. The van der Waals surface area contributed by atoms with E-state index in [1.165, 1.54) is 12.8 Å². The van der Waals surface area contributed by atoms with E-state index < -0.39 is 0 Å². The molecule has 5 nitrogen and oxygen atoms in total. The van der Waals surface area contributed by atoms with Gasteiger partial charge in [0.05, 0.1) is 13.0 Å². The van der Waals surface area contributed by atoms with Crippen molar-refractivity contribution in [1.82, 2.24) is 5.32 Å². The van der Waals surface area contributed by atoms with E-state index >= 15 is 0 Å². The maximum absolute atomic E-state index is 12.5. The summed E-state index contributed by atoms with van der Waals surface area (Å²) in [5.41, 5.74) is 2.28. The third-order valence-electron chi connectivity index (χ3n) is 5.14. The molecule has 2 aliphatic rings. The van der Waals surface area contributed by atoms with Crippen molar-refractivity contribution in [2.45, 2.75) is 32.2 Å². The van der Waals surface area contributed by atoms with Gasteiger partial charge in [0.2, 0.25) is 5.91 Å². The lowest BCUT2D eigenvalue weighted by atomic mass is 9.81. The van der Waals surface area contributed by atoms with Crippen LogP contribution in [0.1, 0.15) is 31.2 Å². The van der Waals surface area contributed by atoms with Crippen molar-refractivity contribution in [3.63, 3.8) is 0 Å². The van der Waals surface area contributed by atoms with Crippen LogP contribution in [-0.2, 0) is 20.9 Å². The fourth-order valence-electron chi connectivity index (χ4n) is 3.69. The van der Waals surface area contributed by atoms with Crippen LogP contribution in [0.25, 0.3) is 0 Å². The number of methoxy groups -OCH3 is 1. The van der Waals surface area contributed by atoms with Crippen molar-refractivity contribution in [3.05, 3.63) is 42.0 Å². The lowest BCUT2D eigenvalue weighted by Crippen LogP contribution is -2.35. The lowest BCUT2D eigenvalue weighted by molar-refractivity contribution is -0.147. The zero-order chi connectivity index (χ0) is 17.6. The Hall–Kier alpha value is -2.30. The zero-order valence-electron chi connectivity index (χ0n) is 14.7. The van der Waals surface area contributed by atoms with E-state index in [2.05, 4.69) is 34.5 Å². The average molecular weight is 342 g/mol. The topological polar surface area (TPSA) is 58.6 Å². The molecule has 1 aliphatic heterocycles. The molecule has 1 fully saturated rings. The third-order valence-corrected chi connectivity index (χ3v) is 5.14. The Morgan fingerprint density at radius 1 is 1.20 bits per heavy atom. The van der Waals surface area contributed by atoms with Crippen LogP contribution in [0.5, 0.6) is 0 Å². The van der Waals surface area contributed by atoms with Gasteiger partial charge in [0.25, 0.3) is 0 Å². The van der Waals surface area contributed by atoms with Crippen LogP contribution in [-0.4, -0.2) is 32.1 Å². The van der Waals surface area contributed by atoms with Gasteiger partial charge >= 0.3 is 5.97 Å². The Morgan fingerprint density at radius 2 is 1.96 bits per heavy atom. The van der Waals surface area contributed by atoms with Gasteiger partial charge < -0.3 is 15.0 Å². The molecular formula is C20H26N2O3. The van der Waals surface area contributed by atoms with Crippen LogP contribution in [0.3, 0.4) is 0 Å². The summed E-state index contributed by atoms with van der Waals surface area (Å²) in [7, 11) is 1.41. The molecule has 0 aromatic heterocycles. The van der Waals surface area contributed by atoms with Crippen molar-refractivity contribution in [1.29, 1.82) is 0 Å². The summed E-state index contributed by atoms with van der Waals surface area (Å²) in [6.45, 7) is 2.40. The van der Waals surface area contributed by atoms with Crippen molar-refractivity contribution in [3.8, 4) is 0 Å². The van der Waals surface area contributed by atoms with E-state index in [-0.39, 0.29) is 23.7 Å². The van der Waals surface area contributed by atoms with Crippen LogP contribution in [0.2, 0.25) is 0 Å². The molecule has 1 amide bonds. The molecule has 134 valence electrons. The summed E-state index contributed by atoms with van der Waals surface area (Å²) in [6, 6.07) is 8.29. The number of ether oxygens (including phenoxy) is 1. The lowest BCUT2D eigenvalue weighted by Gasteiger charge is -2.26. The van der Waals surface area contributed by atoms with Crippen molar-refractivity contribution < 1.29 is 14.3 Å². The van der Waals surface area contributed by atoms with E-state index in [0.717, 1.165) is 37.9 Å². The molecule has 2 atom stereocenters. The Balaban J connectivity index is 1.53. The molecule has 1 aromatic carbocycles. The number of carbonyl (C=O) groups excluding carboxylic acids is 2. The Morgan fingerprint density at radius 3 is 2.72 bits per heavy atom. The maximum atomic E-state index is 12.5. The molecule has 3 rings (SSSR count). The maximum Gasteiger partial charge on any atom is 0.308 e. The number of nitrogens with zero attached hydrogens (tertiary/aromatic N) is 1. The highest BCUT2D eigenvalue weighted by Crippen LogP contribution is 2.30. The number of carbonyl (C=O) groups is 2. The first-order valence-corrected chi connectivity index (χ1v) is 9.02. The molecule has 0 spiro atoms. The standard InChI is InChI=1S/C20H26N2O3/c1-25-20(24)17-8-5-7-16(13-17)19(23)21-14-15-6-4-9-18(12-15)22-10-2-3-11-22/h2-4,6,9,12,16-17H,5,7-8,10-11,13-14H2,1H3,(H,21,23)/t16-,17+/m1/s1. The first kappa shape index (κ1) is 17.5. The van der Waals surface area contributed by atoms with Gasteiger partial charge in [-0.2, -0.15) is 0 Å². The molecule has 5 heteroatoms. The second-order valence-corrected chi connectivity index (χ2v) is 6.85. The Kier molecular flexibility index (Phi) is 5.74. The fourth-order valence-corrected chi connectivity index (χ4v) is 3.69. The molecular weight excluding hydrogens is 316 g/mol. The molecule has 1 aromatic rings. The summed E-state index contributed by atoms with van der Waals surface area (Å²) in [5, 5.41) is 3.04. The van der Waals surface area contributed by atoms with E-state index in [0.29, 0.717) is 13.0 Å². The fraction of sp³-hybridized carbons (Fsp3) is 0.500. The van der Waals surface area contributed by atoms with E-state index in [1.807, 2.05) is 12.1 Å². The number of anilines is 1. The van der Waals surface area contributed by atoms with Crippen molar-refractivity contribution in [2.75, 3.05) is 25.1 Å². The second kappa shape index (κ2) is 8.19. The van der Waals surface area contributed by atoms with Gasteiger partial charge in [-0.15, -0.1) is 0 Å². The molecule has 0 bridgehead atoms. The summed E-state index contributed by atoms with van der Waals surface area (Å²) in [5.74, 6) is -0.379. The van der Waals surface area contributed by atoms with Gasteiger partial charge in [0.15, 0.2) is 0 Å². The van der Waals surface area contributed by atoms with Gasteiger partial charge in [-0.05, 0) is 37.0 Å². The van der Waals surface area contributed by atoms with Gasteiger partial charge in [-0.25, -0.2) is 0 Å². The SMILES string of the molecule is COC(=O)[C@H]1CCC[C@@H](C(=O)NCc2cccc(N3CC=CC3)c2)C1. The molecule has 1 N–H and O–H groups in total. The number of nitrogens with one attached hydrogen (secondary N) is 1. The predicted molar refractivity (Wildman–Crippen MR) is 97.1 cm³/mol. The Bertz CT molecular complexity index is 648. The monoisotopic (exact) mass is 342 g/mol. The van der Waals surface area contributed by atoms with Crippen LogP contribution in [0, 0.1) is 11.8 Å². The van der Waals surface area contributed by atoms with Gasteiger partial charge in [0.1, 0.15) is 0 Å². The van der Waals surface area contributed by atoms with Crippen LogP contribution < -0.4 is 10.2 Å². The van der Waals surface area contributed by atoms with Crippen molar-refractivity contribution >= 4 is 17.6 Å². The number of amides is 1. The van der Waals surface area contributed by atoms with E-state index in [4.69, 9.17) is 4.74 Å². The van der Waals surface area contributed by atoms with Crippen LogP contribution >= 0.6 is 0 Å². The molecule has 0 unspecified atom stereocenters. The zero-order valence-corrected chi connectivity index (χ0v) is 14.7. The van der Waals surface area contributed by atoms with Gasteiger partial charge in [0, 0.05) is 31.2 Å². The quantitative estimate of drug-likeness (QED) is 0.660. The van der Waals surface area contributed by atoms with Gasteiger partial charge in [-0.3, -0.25) is 9.59 Å². The molecule has 0 saturated heterocycles. The summed E-state index contributed by atoms with van der Waals surface area (Å²) < 4.78 is 4.83. The minimum absolute atomic E-state index is 0.0434. The predicted octanol–water partition coefficient (Wildman–Crippen LogP) is 2.66. The summed E-state index contributed by atoms with van der Waals surface area (Å²) in [6.07, 6.45) is 7.49. The molecule has 25 heavy (non-hydrogen) atoms. The highest BCUT2D eigenvalue weighted by molar-refractivity contribution is 5.80. The van der Waals surface area contributed by atoms with Crippen LogP contribution in [0.4, 0.5) is 5.69 Å². The number of hydrogen-bond acceptors (Lipinski definition) is 4. The number of benzene rings is 1. The normalized spacial score (nSPS) is 22.7. The minimum Gasteiger partial charge on any atom is -0.469 e. The highest BCUT2D eigenvalue weighted by Gasteiger charge is 2.31. The molecule has 1 heterocycles. The highest BCUT2D eigenvalue weighted by atomic mass is 16.5. The smallest absolute Gasteiger partial charge is 0.308 e. The number of hydrogen-bond donors (Lipinski definition) is 1. The molecule has 1 saturated carbocycles. The minimum atomic E-state index is -0.190. The average Bonchev–Trinajstić information content (AvgIpc) is 3.20. The Labute approximate surface area is 149 Å². The molecule has 0 radical (unpaired) electrons. The number of esters is 1. The summed E-state index contributed by atoms with van der Waals surface area (Å²) >= 11 is 0. The van der Waals surface area contributed by atoms with Crippen LogP contribution in [0.15, 0.2) is 36.4 Å². The molecule has 1 aliphatic carbocycles. The van der Waals surface area contributed by atoms with Gasteiger partial charge in [-0.1, -0.05) is 30.7 Å². The largest absolute Gasteiger partial charge is 0.469 e. The first-order chi connectivity index (χ1) is 12.2. The van der Waals surface area contributed by atoms with Crippen molar-refractivity contribution in [2.24, 2.45) is 11.8 Å². The first-order valence-electron chi connectivity index (χ1n) is 9.02. The summed E-state index contributed by atoms with van der Waals surface area (Å²) in [4.78, 5) is 26.5. The third kappa shape index (κ3) is 4.41. The second-order valence-electron chi connectivity index (χ2n) is 6.85. The van der Waals surface area contributed by atoms with E-state index in [9.17, 15) is 9.59 Å². The van der Waals surface area contributed by atoms with E-state index in [1.54, 1.807) is 0 Å².